The van der Waals surface area contributed by atoms with Gasteiger partial charge in [0.25, 0.3) is 0 Å². The second kappa shape index (κ2) is 7.81. The highest BCUT2D eigenvalue weighted by Gasteiger charge is 2.19. The minimum absolute atomic E-state index is 0.258. The largest absolute Gasteiger partial charge is 0.493 e. The van der Waals surface area contributed by atoms with Gasteiger partial charge in [0.15, 0.2) is 11.5 Å². The molecular formula is C19H26N2O3. The lowest BCUT2D eigenvalue weighted by Crippen LogP contribution is -2.40. The van der Waals surface area contributed by atoms with Crippen molar-refractivity contribution in [3.05, 3.63) is 30.6 Å². The van der Waals surface area contributed by atoms with Crippen molar-refractivity contribution in [2.75, 3.05) is 33.4 Å². The molecule has 1 unspecified atom stereocenters. The fourth-order valence-corrected chi connectivity index (χ4v) is 3.15. The van der Waals surface area contributed by atoms with Gasteiger partial charge in [-0.05, 0) is 55.4 Å². The summed E-state index contributed by atoms with van der Waals surface area (Å²) >= 11 is 0. The molecule has 130 valence electrons. The molecule has 5 nitrogen and oxygen atoms in total. The number of hydrogen-bond acceptors (Lipinski definition) is 5. The van der Waals surface area contributed by atoms with E-state index in [-0.39, 0.29) is 6.61 Å². The van der Waals surface area contributed by atoms with Crippen LogP contribution < -0.4 is 9.47 Å². The van der Waals surface area contributed by atoms with Crippen molar-refractivity contribution in [3.8, 4) is 11.5 Å². The highest BCUT2D eigenvalue weighted by atomic mass is 16.5. The smallest absolute Gasteiger partial charge is 0.161 e. The monoisotopic (exact) mass is 330 g/mol. The predicted molar refractivity (Wildman–Crippen MR) is 94.6 cm³/mol. The highest BCUT2D eigenvalue weighted by Crippen LogP contribution is 2.32. The first kappa shape index (κ1) is 17.0. The van der Waals surface area contributed by atoms with Crippen LogP contribution in [0, 0.1) is 5.92 Å². The van der Waals surface area contributed by atoms with Crippen molar-refractivity contribution in [2.45, 2.75) is 25.9 Å². The third kappa shape index (κ3) is 4.16. The molecule has 0 radical (unpaired) electrons. The molecule has 1 N–H and O–H groups in total. The number of β-amino-alcohol motifs (C(OH)–C–C–N with tert-alkyl or cyclic N) is 1. The molecule has 1 fully saturated rings. The van der Waals surface area contributed by atoms with E-state index < -0.39 is 6.10 Å². The zero-order valence-electron chi connectivity index (χ0n) is 14.4. The maximum atomic E-state index is 10.3. The number of rotatable bonds is 6. The third-order valence-electron chi connectivity index (χ3n) is 4.70. The molecule has 1 saturated heterocycles. The van der Waals surface area contributed by atoms with Gasteiger partial charge in [0.05, 0.1) is 7.11 Å². The number of aliphatic hydroxyl groups is 1. The summed E-state index contributed by atoms with van der Waals surface area (Å²) in [4.78, 5) is 6.45. The Morgan fingerprint density at radius 2 is 2.00 bits per heavy atom. The van der Waals surface area contributed by atoms with E-state index in [0.717, 1.165) is 29.8 Å². The fourth-order valence-electron chi connectivity index (χ4n) is 3.15. The molecule has 1 aromatic carbocycles. The van der Waals surface area contributed by atoms with Gasteiger partial charge < -0.3 is 19.5 Å². The van der Waals surface area contributed by atoms with Crippen LogP contribution in [0.1, 0.15) is 19.8 Å². The molecule has 1 aliphatic heterocycles. The van der Waals surface area contributed by atoms with Gasteiger partial charge in [-0.1, -0.05) is 6.92 Å². The number of aliphatic hydroxyl groups excluding tert-OH is 1. The molecule has 2 aromatic rings. The minimum atomic E-state index is -0.507. The number of aromatic nitrogens is 1. The molecule has 1 aromatic heterocycles. The van der Waals surface area contributed by atoms with E-state index in [4.69, 9.17) is 9.47 Å². The Balaban J connectivity index is 1.60. The SMILES string of the molecule is COc1cc2ccncc2cc1OCC(O)CN1CCC(C)CC1. The van der Waals surface area contributed by atoms with Crippen molar-refractivity contribution in [2.24, 2.45) is 5.92 Å². The Bertz CT molecular complexity index is 669. The van der Waals surface area contributed by atoms with E-state index in [2.05, 4.69) is 16.8 Å². The van der Waals surface area contributed by atoms with E-state index >= 15 is 0 Å². The molecule has 0 aliphatic carbocycles. The van der Waals surface area contributed by atoms with Gasteiger partial charge in [0, 0.05) is 24.3 Å². The van der Waals surface area contributed by atoms with Crippen molar-refractivity contribution in [3.63, 3.8) is 0 Å². The molecule has 24 heavy (non-hydrogen) atoms. The summed E-state index contributed by atoms with van der Waals surface area (Å²) in [7, 11) is 1.63. The van der Waals surface area contributed by atoms with Gasteiger partial charge in [-0.15, -0.1) is 0 Å². The van der Waals surface area contributed by atoms with Gasteiger partial charge in [0.2, 0.25) is 0 Å². The molecule has 1 atom stereocenters. The van der Waals surface area contributed by atoms with Crippen molar-refractivity contribution in [1.29, 1.82) is 0 Å². The summed E-state index contributed by atoms with van der Waals surface area (Å²) < 4.78 is 11.2. The number of piperidine rings is 1. The first-order valence-electron chi connectivity index (χ1n) is 8.60. The van der Waals surface area contributed by atoms with Crippen LogP contribution in [0.15, 0.2) is 30.6 Å². The zero-order chi connectivity index (χ0) is 16.9. The number of likely N-dealkylation sites (tertiary alicyclic amines) is 1. The summed E-state index contributed by atoms with van der Waals surface area (Å²) in [6.07, 6.45) is 5.46. The van der Waals surface area contributed by atoms with Crippen LogP contribution in [-0.2, 0) is 0 Å². The van der Waals surface area contributed by atoms with Gasteiger partial charge in [-0.2, -0.15) is 0 Å². The van der Waals surface area contributed by atoms with Crippen LogP contribution in [0.3, 0.4) is 0 Å². The van der Waals surface area contributed by atoms with Crippen LogP contribution >= 0.6 is 0 Å². The predicted octanol–water partition coefficient (Wildman–Crippen LogP) is 2.72. The van der Waals surface area contributed by atoms with Gasteiger partial charge in [-0.3, -0.25) is 4.98 Å². The molecule has 3 rings (SSSR count). The first-order chi connectivity index (χ1) is 11.7. The van der Waals surface area contributed by atoms with E-state index in [1.54, 1.807) is 19.5 Å². The van der Waals surface area contributed by atoms with Crippen molar-refractivity contribution >= 4 is 10.8 Å². The molecule has 0 saturated carbocycles. The lowest BCUT2D eigenvalue weighted by Gasteiger charge is -2.31. The Labute approximate surface area is 143 Å². The lowest BCUT2D eigenvalue weighted by molar-refractivity contribution is 0.0555. The Hall–Kier alpha value is -1.85. The van der Waals surface area contributed by atoms with E-state index in [1.165, 1.54) is 12.8 Å². The topological polar surface area (TPSA) is 54.8 Å². The average molecular weight is 330 g/mol. The number of methoxy groups -OCH3 is 1. The van der Waals surface area contributed by atoms with Crippen LogP contribution in [0.5, 0.6) is 11.5 Å². The van der Waals surface area contributed by atoms with E-state index in [1.807, 2.05) is 18.2 Å². The molecule has 0 amide bonds. The third-order valence-corrected chi connectivity index (χ3v) is 4.70. The second-order valence-electron chi connectivity index (χ2n) is 6.67. The average Bonchev–Trinajstić information content (AvgIpc) is 2.61. The summed E-state index contributed by atoms with van der Waals surface area (Å²) in [6.45, 7) is 5.32. The summed E-state index contributed by atoms with van der Waals surface area (Å²) in [5.74, 6) is 2.11. The zero-order valence-corrected chi connectivity index (χ0v) is 14.4. The van der Waals surface area contributed by atoms with Crippen LogP contribution in [0.25, 0.3) is 10.8 Å². The van der Waals surface area contributed by atoms with Gasteiger partial charge >= 0.3 is 0 Å². The number of ether oxygens (including phenoxy) is 2. The molecular weight excluding hydrogens is 304 g/mol. The molecule has 2 heterocycles. The molecule has 1 aliphatic rings. The van der Waals surface area contributed by atoms with E-state index in [0.29, 0.717) is 18.0 Å². The number of fused-ring (bicyclic) bond motifs is 1. The van der Waals surface area contributed by atoms with E-state index in [9.17, 15) is 5.11 Å². The Morgan fingerprint density at radius 3 is 2.75 bits per heavy atom. The van der Waals surface area contributed by atoms with Crippen LogP contribution in [0.2, 0.25) is 0 Å². The summed E-state index contributed by atoms with van der Waals surface area (Å²) in [6, 6.07) is 5.79. The second-order valence-corrected chi connectivity index (χ2v) is 6.67. The highest BCUT2D eigenvalue weighted by molar-refractivity contribution is 5.85. The Kier molecular flexibility index (Phi) is 5.53. The first-order valence-corrected chi connectivity index (χ1v) is 8.60. The standard InChI is InChI=1S/C19H26N2O3/c1-14-4-7-21(8-5-14)12-17(22)13-24-19-10-16-11-20-6-3-15(16)9-18(19)23-2/h3,6,9-11,14,17,22H,4-5,7-8,12-13H2,1-2H3. The van der Waals surface area contributed by atoms with Gasteiger partial charge in [-0.25, -0.2) is 0 Å². The maximum Gasteiger partial charge on any atom is 0.161 e. The van der Waals surface area contributed by atoms with Crippen LogP contribution in [-0.4, -0.2) is 54.4 Å². The fraction of sp³-hybridized carbons (Fsp3) is 0.526. The normalized spacial score (nSPS) is 17.8. The Morgan fingerprint density at radius 1 is 1.25 bits per heavy atom. The quantitative estimate of drug-likeness (QED) is 0.882. The maximum absolute atomic E-state index is 10.3. The minimum Gasteiger partial charge on any atom is -0.493 e. The summed E-state index contributed by atoms with van der Waals surface area (Å²) in [5, 5.41) is 12.3. The number of benzene rings is 1. The van der Waals surface area contributed by atoms with Crippen molar-refractivity contribution in [1.82, 2.24) is 9.88 Å². The number of nitrogens with zero attached hydrogens (tertiary/aromatic N) is 2. The lowest BCUT2D eigenvalue weighted by atomic mass is 9.99. The summed E-state index contributed by atoms with van der Waals surface area (Å²) in [5.41, 5.74) is 0. The molecule has 0 bridgehead atoms. The number of pyridine rings is 1. The molecule has 0 spiro atoms. The van der Waals surface area contributed by atoms with Crippen LogP contribution in [0.4, 0.5) is 0 Å². The molecule has 5 heteroatoms. The number of hydrogen-bond donors (Lipinski definition) is 1. The van der Waals surface area contributed by atoms with Crippen molar-refractivity contribution < 1.29 is 14.6 Å². The van der Waals surface area contributed by atoms with Gasteiger partial charge in [0.1, 0.15) is 12.7 Å².